The van der Waals surface area contributed by atoms with Crippen LogP contribution in [0.4, 0.5) is 4.39 Å². The van der Waals surface area contributed by atoms with Crippen molar-refractivity contribution in [3.8, 4) is 5.75 Å². The van der Waals surface area contributed by atoms with Crippen LogP contribution in [-0.4, -0.2) is 28.7 Å². The Morgan fingerprint density at radius 2 is 2.12 bits per heavy atom. The number of halogens is 1. The van der Waals surface area contributed by atoms with E-state index in [9.17, 15) is 14.0 Å². The summed E-state index contributed by atoms with van der Waals surface area (Å²) < 4.78 is 20.5. The van der Waals surface area contributed by atoms with Crippen molar-refractivity contribution in [1.29, 1.82) is 0 Å². The number of nitrogens with zero attached hydrogens (tertiary/aromatic N) is 1. The third-order valence-electron chi connectivity index (χ3n) is 3.87. The second kappa shape index (κ2) is 6.09. The van der Waals surface area contributed by atoms with Crippen molar-refractivity contribution in [3.63, 3.8) is 0 Å². The first-order valence-corrected chi connectivity index (χ1v) is 7.99. The van der Waals surface area contributed by atoms with Crippen molar-refractivity contribution >= 4 is 34.1 Å². The molecule has 0 saturated heterocycles. The Hall–Kier alpha value is -2.67. The molecule has 0 aliphatic rings. The molecule has 7 heteroatoms. The van der Waals surface area contributed by atoms with Crippen molar-refractivity contribution in [1.82, 2.24) is 4.57 Å². The fraction of sp³-hybridized carbons (Fsp3) is 0.176. The summed E-state index contributed by atoms with van der Waals surface area (Å²) in [6.45, 7) is 1.66. The average Bonchev–Trinajstić information content (AvgIpc) is 3.14. The molecule has 0 fully saturated rings. The highest BCUT2D eigenvalue weighted by Gasteiger charge is 2.23. The molecule has 2 aromatic heterocycles. The van der Waals surface area contributed by atoms with Gasteiger partial charge >= 0.3 is 5.97 Å². The second-order valence-electron chi connectivity index (χ2n) is 5.26. The number of carboxylic acid groups (broad SMARTS) is 1. The highest BCUT2D eigenvalue weighted by molar-refractivity contribution is 7.12. The second-order valence-corrected chi connectivity index (χ2v) is 6.20. The van der Waals surface area contributed by atoms with Crippen LogP contribution in [0.5, 0.6) is 5.75 Å². The molecule has 0 aliphatic carbocycles. The van der Waals surface area contributed by atoms with Crippen LogP contribution >= 0.6 is 11.3 Å². The first-order valence-electron chi connectivity index (χ1n) is 7.11. The quantitative estimate of drug-likeness (QED) is 0.785. The molecule has 1 aromatic carbocycles. The molecule has 0 bridgehead atoms. The number of aliphatic carboxylic acids is 1. The Labute approximate surface area is 140 Å². The van der Waals surface area contributed by atoms with Crippen LogP contribution in [0, 0.1) is 12.7 Å². The number of hydrogen-bond acceptors (Lipinski definition) is 4. The minimum absolute atomic E-state index is 0.00913. The molecule has 0 atom stereocenters. The fourth-order valence-corrected chi connectivity index (χ4v) is 3.44. The van der Waals surface area contributed by atoms with E-state index in [0.717, 1.165) is 0 Å². The van der Waals surface area contributed by atoms with Crippen molar-refractivity contribution in [2.24, 2.45) is 0 Å². The lowest BCUT2D eigenvalue weighted by Gasteiger charge is -2.06. The fourth-order valence-electron chi connectivity index (χ4n) is 2.78. The number of rotatable bonds is 4. The number of carboxylic acids is 1. The van der Waals surface area contributed by atoms with Gasteiger partial charge < -0.3 is 9.84 Å². The molecule has 3 rings (SSSR count). The predicted octanol–water partition coefficient (Wildman–Crippen LogP) is 3.47. The van der Waals surface area contributed by atoms with Gasteiger partial charge in [0.1, 0.15) is 0 Å². The molecule has 0 unspecified atom stereocenters. The van der Waals surface area contributed by atoms with Crippen LogP contribution in [0.3, 0.4) is 0 Å². The van der Waals surface area contributed by atoms with Gasteiger partial charge in [0.2, 0.25) is 0 Å². The lowest BCUT2D eigenvalue weighted by Crippen LogP contribution is -2.13. The molecule has 1 N–H and O–H groups in total. The monoisotopic (exact) mass is 347 g/mol. The summed E-state index contributed by atoms with van der Waals surface area (Å²) in [5, 5.41) is 11.4. The zero-order chi connectivity index (χ0) is 17.4. The minimum Gasteiger partial charge on any atom is -0.494 e. The summed E-state index contributed by atoms with van der Waals surface area (Å²) in [6, 6.07) is 6.07. The van der Waals surface area contributed by atoms with Gasteiger partial charge in [0.15, 0.2) is 11.6 Å². The number of carbonyl (C=O) groups is 2. The smallest absolute Gasteiger partial charge is 0.307 e. The van der Waals surface area contributed by atoms with Gasteiger partial charge in [0.05, 0.1) is 23.9 Å². The number of methoxy groups -OCH3 is 1. The molecule has 0 spiro atoms. The Balaban J connectivity index is 2.32. The Morgan fingerprint density at radius 1 is 1.38 bits per heavy atom. The number of carbonyl (C=O) groups excluding carboxylic acids is 1. The first kappa shape index (κ1) is 16.2. The number of ether oxygens (including phenoxy) is 1. The topological polar surface area (TPSA) is 68.5 Å². The highest BCUT2D eigenvalue weighted by Crippen LogP contribution is 2.32. The summed E-state index contributed by atoms with van der Waals surface area (Å²) in [7, 11) is 1.34. The minimum atomic E-state index is -1.02. The van der Waals surface area contributed by atoms with E-state index in [1.807, 2.05) is 0 Å². The van der Waals surface area contributed by atoms with Gasteiger partial charge in [-0.15, -0.1) is 11.3 Å². The largest absolute Gasteiger partial charge is 0.494 e. The molecule has 0 radical (unpaired) electrons. The maximum Gasteiger partial charge on any atom is 0.307 e. The summed E-state index contributed by atoms with van der Waals surface area (Å²) in [4.78, 5) is 24.5. The standard InChI is InChI=1S/C17H14FNO4S/c1-9-10(7-16(20)21)11-6-14(23-2)12(18)8-13(11)19(9)17(22)15-4-3-5-24-15/h3-6,8H,7H2,1-2H3,(H,20,21). The molecule has 3 aromatic rings. The van der Waals surface area contributed by atoms with Crippen molar-refractivity contribution in [3.05, 3.63) is 51.6 Å². The number of benzene rings is 1. The summed E-state index contributed by atoms with van der Waals surface area (Å²) in [6.07, 6.45) is -0.262. The zero-order valence-electron chi connectivity index (χ0n) is 13.0. The van der Waals surface area contributed by atoms with Crippen LogP contribution in [-0.2, 0) is 11.2 Å². The van der Waals surface area contributed by atoms with E-state index in [4.69, 9.17) is 9.84 Å². The van der Waals surface area contributed by atoms with Crippen molar-refractivity contribution in [2.75, 3.05) is 7.11 Å². The molecular weight excluding hydrogens is 333 g/mol. The maximum atomic E-state index is 14.1. The normalized spacial score (nSPS) is 11.0. The molecule has 24 heavy (non-hydrogen) atoms. The van der Waals surface area contributed by atoms with E-state index in [1.165, 1.54) is 35.1 Å². The highest BCUT2D eigenvalue weighted by atomic mass is 32.1. The summed E-state index contributed by atoms with van der Waals surface area (Å²) >= 11 is 1.27. The van der Waals surface area contributed by atoms with Crippen LogP contribution in [0.1, 0.15) is 20.9 Å². The van der Waals surface area contributed by atoms with Gasteiger partial charge in [-0.05, 0) is 30.0 Å². The van der Waals surface area contributed by atoms with Gasteiger partial charge in [-0.3, -0.25) is 14.2 Å². The lowest BCUT2D eigenvalue weighted by atomic mass is 10.1. The van der Waals surface area contributed by atoms with Crippen LogP contribution < -0.4 is 4.74 Å². The van der Waals surface area contributed by atoms with Crippen LogP contribution in [0.25, 0.3) is 10.9 Å². The molecular formula is C17H14FNO4S. The summed E-state index contributed by atoms with van der Waals surface area (Å²) in [5.74, 6) is -1.93. The SMILES string of the molecule is COc1cc2c(CC(=O)O)c(C)n(C(=O)c3cccs3)c2cc1F. The third-order valence-corrected chi connectivity index (χ3v) is 4.73. The number of hydrogen-bond donors (Lipinski definition) is 1. The first-order chi connectivity index (χ1) is 11.4. The van der Waals surface area contributed by atoms with Crippen molar-refractivity contribution < 1.29 is 23.8 Å². The number of thiophene rings is 1. The number of aromatic nitrogens is 1. The molecule has 2 heterocycles. The Morgan fingerprint density at radius 3 is 2.71 bits per heavy atom. The molecule has 5 nitrogen and oxygen atoms in total. The third kappa shape index (κ3) is 2.56. The lowest BCUT2D eigenvalue weighted by molar-refractivity contribution is -0.136. The van der Waals surface area contributed by atoms with Gasteiger partial charge in [0, 0.05) is 17.1 Å². The van der Waals surface area contributed by atoms with Crippen LogP contribution in [0.15, 0.2) is 29.6 Å². The van der Waals surface area contributed by atoms with Gasteiger partial charge in [-0.2, -0.15) is 0 Å². The summed E-state index contributed by atoms with van der Waals surface area (Å²) in [5.41, 5.74) is 1.29. The van der Waals surface area contributed by atoms with E-state index in [-0.39, 0.29) is 18.1 Å². The maximum absolute atomic E-state index is 14.1. The average molecular weight is 347 g/mol. The van der Waals surface area contributed by atoms with Gasteiger partial charge in [-0.1, -0.05) is 6.07 Å². The molecule has 0 saturated carbocycles. The van der Waals surface area contributed by atoms with E-state index >= 15 is 0 Å². The van der Waals surface area contributed by atoms with E-state index in [0.29, 0.717) is 27.0 Å². The van der Waals surface area contributed by atoms with Crippen LogP contribution in [0.2, 0.25) is 0 Å². The Kier molecular flexibility index (Phi) is 4.11. The molecule has 0 aliphatic heterocycles. The Bertz CT molecular complexity index is 944. The van der Waals surface area contributed by atoms with Crippen molar-refractivity contribution in [2.45, 2.75) is 13.3 Å². The van der Waals surface area contributed by atoms with Gasteiger partial charge in [-0.25, -0.2) is 4.39 Å². The number of fused-ring (bicyclic) bond motifs is 1. The molecule has 124 valence electrons. The predicted molar refractivity (Wildman–Crippen MR) is 88.6 cm³/mol. The van der Waals surface area contributed by atoms with E-state index in [1.54, 1.807) is 24.4 Å². The van der Waals surface area contributed by atoms with E-state index in [2.05, 4.69) is 0 Å². The molecule has 0 amide bonds. The zero-order valence-corrected chi connectivity index (χ0v) is 13.8. The van der Waals surface area contributed by atoms with E-state index < -0.39 is 11.8 Å². The van der Waals surface area contributed by atoms with Gasteiger partial charge in [0.25, 0.3) is 5.91 Å².